The van der Waals surface area contributed by atoms with Crippen molar-refractivity contribution in [2.24, 2.45) is 5.92 Å². The van der Waals surface area contributed by atoms with E-state index in [2.05, 4.69) is 15.7 Å². The van der Waals surface area contributed by atoms with E-state index in [1.807, 2.05) is 0 Å². The molecule has 0 aliphatic carbocycles. The minimum absolute atomic E-state index is 0.0268. The molecule has 0 radical (unpaired) electrons. The second-order valence-electron chi connectivity index (χ2n) is 8.05. The molecule has 1 aliphatic rings. The number of amides is 3. The molecule has 1 fully saturated rings. The zero-order chi connectivity index (χ0) is 24.1. The van der Waals surface area contributed by atoms with Crippen LogP contribution in [0.25, 0.3) is 5.69 Å². The Bertz CT molecular complexity index is 1250. The third kappa shape index (κ3) is 5.64. The average Bonchev–Trinajstić information content (AvgIpc) is 2.83. The lowest BCUT2D eigenvalue weighted by atomic mass is 9.97. The standard InChI is InChI=1S/C24H23F2N5O3/c25-17-6-8-20(9-7-17)31-22(32)11-10-21(29-31)23(33)30-12-2-3-16(15-30)14-27-24(34)28-19-5-1-4-18(26)13-19/h1,4-11,13,16H,2-3,12,14-15H2,(H2,27,28,34). The summed E-state index contributed by atoms with van der Waals surface area (Å²) < 4.78 is 27.5. The number of rotatable bonds is 5. The molecule has 10 heteroatoms. The number of nitrogens with zero attached hydrogens (tertiary/aromatic N) is 3. The Kier molecular flexibility index (Phi) is 6.95. The van der Waals surface area contributed by atoms with Gasteiger partial charge in [0.1, 0.15) is 17.3 Å². The van der Waals surface area contributed by atoms with E-state index >= 15 is 0 Å². The van der Waals surface area contributed by atoms with Crippen LogP contribution in [0.2, 0.25) is 0 Å². The molecule has 3 amide bonds. The number of aromatic nitrogens is 2. The zero-order valence-corrected chi connectivity index (χ0v) is 18.2. The first kappa shape index (κ1) is 23.1. The molecule has 0 saturated carbocycles. The van der Waals surface area contributed by atoms with Crippen LogP contribution in [0.5, 0.6) is 0 Å². The first-order valence-electron chi connectivity index (χ1n) is 10.8. The molecule has 8 nitrogen and oxygen atoms in total. The van der Waals surface area contributed by atoms with Crippen molar-refractivity contribution in [1.29, 1.82) is 0 Å². The quantitative estimate of drug-likeness (QED) is 0.603. The van der Waals surface area contributed by atoms with Crippen LogP contribution in [-0.2, 0) is 0 Å². The molecule has 4 rings (SSSR count). The number of likely N-dealkylation sites (tertiary alicyclic amines) is 1. The van der Waals surface area contributed by atoms with Gasteiger partial charge >= 0.3 is 6.03 Å². The summed E-state index contributed by atoms with van der Waals surface area (Å²) in [6.07, 6.45) is 1.58. The number of hydrogen-bond acceptors (Lipinski definition) is 4. The maximum atomic E-state index is 13.3. The normalized spacial score (nSPS) is 15.6. The molecule has 0 bridgehead atoms. The number of hydrogen-bond donors (Lipinski definition) is 2. The number of anilines is 1. The van der Waals surface area contributed by atoms with Crippen LogP contribution in [0.1, 0.15) is 23.3 Å². The highest BCUT2D eigenvalue weighted by atomic mass is 19.1. The lowest BCUT2D eigenvalue weighted by Gasteiger charge is -2.32. The van der Waals surface area contributed by atoms with Gasteiger partial charge in [0.25, 0.3) is 11.5 Å². The Hall–Kier alpha value is -4.08. The lowest BCUT2D eigenvalue weighted by Crippen LogP contribution is -2.44. The molecule has 0 spiro atoms. The van der Waals surface area contributed by atoms with Crippen molar-refractivity contribution in [1.82, 2.24) is 20.0 Å². The predicted molar refractivity (Wildman–Crippen MR) is 122 cm³/mol. The van der Waals surface area contributed by atoms with E-state index in [0.717, 1.165) is 17.5 Å². The van der Waals surface area contributed by atoms with Gasteiger partial charge < -0.3 is 15.5 Å². The summed E-state index contributed by atoms with van der Waals surface area (Å²) in [6.45, 7) is 1.28. The highest BCUT2D eigenvalue weighted by Gasteiger charge is 2.26. The summed E-state index contributed by atoms with van der Waals surface area (Å²) in [6, 6.07) is 13.0. The molecule has 2 aromatic carbocycles. The Balaban J connectivity index is 1.37. The largest absolute Gasteiger partial charge is 0.338 e. The monoisotopic (exact) mass is 467 g/mol. The Labute approximate surface area is 194 Å². The van der Waals surface area contributed by atoms with Crippen LogP contribution >= 0.6 is 0 Å². The molecule has 176 valence electrons. The highest BCUT2D eigenvalue weighted by molar-refractivity contribution is 5.92. The third-order valence-corrected chi connectivity index (χ3v) is 5.53. The van der Waals surface area contributed by atoms with Gasteiger partial charge in [0, 0.05) is 31.4 Å². The van der Waals surface area contributed by atoms with Crippen LogP contribution in [0.3, 0.4) is 0 Å². The van der Waals surface area contributed by atoms with E-state index in [9.17, 15) is 23.2 Å². The zero-order valence-electron chi connectivity index (χ0n) is 18.2. The van der Waals surface area contributed by atoms with Gasteiger partial charge in [-0.05, 0) is 67.3 Å². The molecule has 3 aromatic rings. The van der Waals surface area contributed by atoms with Gasteiger partial charge in [-0.1, -0.05) is 6.07 Å². The number of nitrogens with one attached hydrogen (secondary N) is 2. The van der Waals surface area contributed by atoms with Crippen LogP contribution < -0.4 is 16.2 Å². The number of benzene rings is 2. The Morgan fingerprint density at radius 3 is 2.59 bits per heavy atom. The smallest absolute Gasteiger partial charge is 0.319 e. The van der Waals surface area contributed by atoms with E-state index < -0.39 is 23.2 Å². The maximum absolute atomic E-state index is 13.3. The minimum atomic E-state index is -0.456. The topological polar surface area (TPSA) is 96.3 Å². The predicted octanol–water partition coefficient (Wildman–Crippen LogP) is 3.18. The molecule has 34 heavy (non-hydrogen) atoms. The first-order valence-corrected chi connectivity index (χ1v) is 10.8. The van der Waals surface area contributed by atoms with E-state index in [1.54, 1.807) is 11.0 Å². The molecule has 1 saturated heterocycles. The molecular formula is C24H23F2N5O3. The van der Waals surface area contributed by atoms with E-state index in [1.165, 1.54) is 54.6 Å². The fourth-order valence-electron chi connectivity index (χ4n) is 3.85. The molecule has 1 unspecified atom stereocenters. The summed E-state index contributed by atoms with van der Waals surface area (Å²) in [5.74, 6) is -1.19. The number of carbonyl (C=O) groups is 2. The van der Waals surface area contributed by atoms with Gasteiger partial charge in [-0.15, -0.1) is 0 Å². The second kappa shape index (κ2) is 10.2. The van der Waals surface area contributed by atoms with Crippen molar-refractivity contribution in [3.8, 4) is 5.69 Å². The molecule has 1 aliphatic heterocycles. The van der Waals surface area contributed by atoms with Crippen LogP contribution in [0, 0.1) is 17.6 Å². The van der Waals surface area contributed by atoms with E-state index in [0.29, 0.717) is 31.0 Å². The summed E-state index contributed by atoms with van der Waals surface area (Å²) in [5, 5.41) is 9.52. The van der Waals surface area contributed by atoms with Crippen molar-refractivity contribution in [2.75, 3.05) is 25.0 Å². The fourth-order valence-corrected chi connectivity index (χ4v) is 3.85. The molecule has 1 atom stereocenters. The second-order valence-corrected chi connectivity index (χ2v) is 8.05. The molecule has 2 N–H and O–H groups in total. The summed E-state index contributed by atoms with van der Waals surface area (Å²) >= 11 is 0. The fraction of sp³-hybridized carbons (Fsp3) is 0.250. The highest BCUT2D eigenvalue weighted by Crippen LogP contribution is 2.18. The van der Waals surface area contributed by atoms with Gasteiger partial charge in [-0.2, -0.15) is 9.78 Å². The van der Waals surface area contributed by atoms with E-state index in [-0.39, 0.29) is 17.5 Å². The number of piperidine rings is 1. The van der Waals surface area contributed by atoms with Gasteiger partial charge in [-0.25, -0.2) is 13.6 Å². The summed E-state index contributed by atoms with van der Waals surface area (Å²) in [7, 11) is 0. The molecule has 2 heterocycles. The van der Waals surface area contributed by atoms with Crippen LogP contribution in [-0.4, -0.2) is 46.3 Å². The first-order chi connectivity index (χ1) is 16.4. The molecule has 1 aromatic heterocycles. The summed E-state index contributed by atoms with van der Waals surface area (Å²) in [5.41, 5.74) is 0.362. The Morgan fingerprint density at radius 2 is 1.82 bits per heavy atom. The Morgan fingerprint density at radius 1 is 1.03 bits per heavy atom. The van der Waals surface area contributed by atoms with Crippen molar-refractivity contribution < 1.29 is 18.4 Å². The van der Waals surface area contributed by atoms with Crippen molar-refractivity contribution in [2.45, 2.75) is 12.8 Å². The van der Waals surface area contributed by atoms with Crippen molar-refractivity contribution in [3.05, 3.63) is 88.3 Å². The lowest BCUT2D eigenvalue weighted by molar-refractivity contribution is 0.0667. The van der Waals surface area contributed by atoms with Crippen LogP contribution in [0.4, 0.5) is 19.3 Å². The number of urea groups is 1. The SMILES string of the molecule is O=C(NCC1CCCN(C(=O)c2ccc(=O)n(-c3ccc(F)cc3)n2)C1)Nc1cccc(F)c1. The number of carbonyl (C=O) groups excluding carboxylic acids is 2. The van der Waals surface area contributed by atoms with Gasteiger partial charge in [0.2, 0.25) is 0 Å². The summed E-state index contributed by atoms with van der Waals surface area (Å²) in [4.78, 5) is 39.1. The maximum Gasteiger partial charge on any atom is 0.319 e. The van der Waals surface area contributed by atoms with E-state index in [4.69, 9.17) is 0 Å². The van der Waals surface area contributed by atoms with Crippen molar-refractivity contribution >= 4 is 17.6 Å². The molecular weight excluding hydrogens is 444 g/mol. The van der Waals surface area contributed by atoms with Gasteiger partial charge in [-0.3, -0.25) is 9.59 Å². The van der Waals surface area contributed by atoms with Crippen molar-refractivity contribution in [3.63, 3.8) is 0 Å². The van der Waals surface area contributed by atoms with Gasteiger partial charge in [0.15, 0.2) is 0 Å². The van der Waals surface area contributed by atoms with Gasteiger partial charge in [0.05, 0.1) is 5.69 Å². The minimum Gasteiger partial charge on any atom is -0.338 e. The third-order valence-electron chi connectivity index (χ3n) is 5.53. The average molecular weight is 467 g/mol. The van der Waals surface area contributed by atoms with Crippen LogP contribution in [0.15, 0.2) is 65.5 Å². The number of halogens is 2.